The average Bonchev–Trinajstić information content (AvgIpc) is 2.88. The van der Waals surface area contributed by atoms with Crippen molar-refractivity contribution in [3.63, 3.8) is 0 Å². The van der Waals surface area contributed by atoms with Crippen LogP contribution in [0.4, 0.5) is 4.39 Å². The van der Waals surface area contributed by atoms with Gasteiger partial charge in [0.1, 0.15) is 10.7 Å². The van der Waals surface area contributed by atoms with Gasteiger partial charge in [-0.15, -0.1) is 0 Å². The van der Waals surface area contributed by atoms with E-state index in [2.05, 4.69) is 5.32 Å². The van der Waals surface area contributed by atoms with E-state index in [1.165, 1.54) is 16.4 Å². The Balaban J connectivity index is 2.45. The van der Waals surface area contributed by atoms with E-state index < -0.39 is 20.7 Å². The van der Waals surface area contributed by atoms with Gasteiger partial charge in [0, 0.05) is 19.1 Å². The van der Waals surface area contributed by atoms with Gasteiger partial charge in [-0.2, -0.15) is 4.31 Å². The lowest BCUT2D eigenvalue weighted by atomic mass is 10.2. The molecule has 1 unspecified atom stereocenters. The molecule has 2 rings (SSSR count). The third-order valence-electron chi connectivity index (χ3n) is 3.37. The highest BCUT2D eigenvalue weighted by Gasteiger charge is 2.35. The number of hydrogen-bond donors (Lipinski definition) is 1. The van der Waals surface area contributed by atoms with Crippen molar-refractivity contribution >= 4 is 21.6 Å². The molecule has 20 heavy (non-hydrogen) atoms. The monoisotopic (exact) mass is 320 g/mol. The second-order valence-corrected chi connectivity index (χ2v) is 7.05. The lowest BCUT2D eigenvalue weighted by molar-refractivity contribution is 0.333. The van der Waals surface area contributed by atoms with E-state index >= 15 is 0 Å². The predicted molar refractivity (Wildman–Crippen MR) is 76.9 cm³/mol. The first-order valence-electron chi connectivity index (χ1n) is 6.65. The summed E-state index contributed by atoms with van der Waals surface area (Å²) in [6.07, 6.45) is 1.40. The van der Waals surface area contributed by atoms with Crippen molar-refractivity contribution in [2.24, 2.45) is 0 Å². The molecule has 4 nitrogen and oxygen atoms in total. The van der Waals surface area contributed by atoms with Gasteiger partial charge in [-0.05, 0) is 31.5 Å². The summed E-state index contributed by atoms with van der Waals surface area (Å²) in [5.41, 5.74) is 0. The van der Waals surface area contributed by atoms with Gasteiger partial charge < -0.3 is 5.32 Å². The SMILES string of the molecule is CCCN(C1CCNC1)S(=O)(=O)c1c(F)cccc1Cl. The fourth-order valence-corrected chi connectivity index (χ4v) is 4.77. The first-order chi connectivity index (χ1) is 9.48. The summed E-state index contributed by atoms with van der Waals surface area (Å²) in [5, 5.41) is 3.06. The topological polar surface area (TPSA) is 49.4 Å². The molecule has 0 amide bonds. The molecule has 1 fully saturated rings. The third-order valence-corrected chi connectivity index (χ3v) is 5.83. The lowest BCUT2D eigenvalue weighted by Gasteiger charge is -2.27. The van der Waals surface area contributed by atoms with Crippen LogP contribution >= 0.6 is 11.6 Å². The largest absolute Gasteiger partial charge is 0.315 e. The zero-order valence-electron chi connectivity index (χ0n) is 11.3. The molecule has 0 saturated carbocycles. The van der Waals surface area contributed by atoms with Crippen molar-refractivity contribution in [2.75, 3.05) is 19.6 Å². The maximum Gasteiger partial charge on any atom is 0.247 e. The van der Waals surface area contributed by atoms with Crippen molar-refractivity contribution in [1.82, 2.24) is 9.62 Å². The molecule has 1 N–H and O–H groups in total. The van der Waals surface area contributed by atoms with Crippen LogP contribution in [0.2, 0.25) is 5.02 Å². The van der Waals surface area contributed by atoms with Gasteiger partial charge in [0.05, 0.1) is 5.02 Å². The summed E-state index contributed by atoms with van der Waals surface area (Å²) in [5.74, 6) is -0.801. The third kappa shape index (κ3) is 2.98. The first kappa shape index (κ1) is 15.7. The van der Waals surface area contributed by atoms with Gasteiger partial charge in [-0.1, -0.05) is 24.6 Å². The zero-order valence-corrected chi connectivity index (χ0v) is 12.8. The molecule has 1 aliphatic rings. The Morgan fingerprint density at radius 3 is 2.80 bits per heavy atom. The molecule has 0 bridgehead atoms. The van der Waals surface area contributed by atoms with E-state index in [1.54, 1.807) is 0 Å². The molecule has 0 radical (unpaired) electrons. The highest BCUT2D eigenvalue weighted by atomic mass is 35.5. The molecule has 1 saturated heterocycles. The predicted octanol–water partition coefficient (Wildman–Crippen LogP) is 2.24. The van der Waals surface area contributed by atoms with Gasteiger partial charge in [0.2, 0.25) is 10.0 Å². The van der Waals surface area contributed by atoms with E-state index in [0.29, 0.717) is 19.5 Å². The summed E-state index contributed by atoms with van der Waals surface area (Å²) < 4.78 is 40.7. The van der Waals surface area contributed by atoms with Crippen molar-refractivity contribution in [3.05, 3.63) is 29.0 Å². The molecule has 0 spiro atoms. The van der Waals surface area contributed by atoms with Crippen molar-refractivity contribution in [1.29, 1.82) is 0 Å². The van der Waals surface area contributed by atoms with E-state index in [4.69, 9.17) is 11.6 Å². The number of sulfonamides is 1. The molecule has 0 aromatic heterocycles. The Labute approximate surface area is 124 Å². The van der Waals surface area contributed by atoms with E-state index in [0.717, 1.165) is 19.0 Å². The number of hydrogen-bond acceptors (Lipinski definition) is 3. The van der Waals surface area contributed by atoms with Crippen molar-refractivity contribution in [3.8, 4) is 0 Å². The number of nitrogens with one attached hydrogen (secondary N) is 1. The van der Waals surface area contributed by atoms with Crippen LogP contribution in [0.15, 0.2) is 23.1 Å². The molecule has 1 atom stereocenters. The lowest BCUT2D eigenvalue weighted by Crippen LogP contribution is -2.42. The first-order valence-corrected chi connectivity index (χ1v) is 8.47. The minimum absolute atomic E-state index is 0.0722. The molecule has 1 aromatic carbocycles. The molecule has 112 valence electrons. The molecule has 1 heterocycles. The minimum atomic E-state index is -3.92. The summed E-state index contributed by atoms with van der Waals surface area (Å²) in [6.45, 7) is 3.61. The normalized spacial score (nSPS) is 19.7. The molecule has 1 aliphatic heterocycles. The highest BCUT2D eigenvalue weighted by molar-refractivity contribution is 7.89. The van der Waals surface area contributed by atoms with Gasteiger partial charge in [-0.3, -0.25) is 0 Å². The van der Waals surface area contributed by atoms with E-state index in [1.807, 2.05) is 6.92 Å². The smallest absolute Gasteiger partial charge is 0.247 e. The van der Waals surface area contributed by atoms with Crippen LogP contribution < -0.4 is 5.32 Å². The van der Waals surface area contributed by atoms with Crippen molar-refractivity contribution in [2.45, 2.75) is 30.7 Å². The Hall–Kier alpha value is -0.690. The molecule has 7 heteroatoms. The maximum absolute atomic E-state index is 13.9. The molecular weight excluding hydrogens is 303 g/mol. The van der Waals surface area contributed by atoms with Gasteiger partial charge in [0.25, 0.3) is 0 Å². The summed E-state index contributed by atoms with van der Waals surface area (Å²) >= 11 is 5.90. The summed E-state index contributed by atoms with van der Waals surface area (Å²) in [6, 6.07) is 3.78. The van der Waals surface area contributed by atoms with Crippen LogP contribution in [0.25, 0.3) is 0 Å². The number of rotatable bonds is 5. The van der Waals surface area contributed by atoms with Crippen molar-refractivity contribution < 1.29 is 12.8 Å². The fraction of sp³-hybridized carbons (Fsp3) is 0.538. The Bertz CT molecular complexity index is 553. The van der Waals surface area contributed by atoms with Crippen LogP contribution in [0.5, 0.6) is 0 Å². The second-order valence-electron chi connectivity index (χ2n) is 4.81. The summed E-state index contributed by atoms with van der Waals surface area (Å²) in [7, 11) is -3.92. The van der Waals surface area contributed by atoms with Crippen LogP contribution in [0.1, 0.15) is 19.8 Å². The number of halogens is 2. The van der Waals surface area contributed by atoms with Crippen LogP contribution in [0, 0.1) is 5.82 Å². The Morgan fingerprint density at radius 2 is 2.25 bits per heavy atom. The Kier molecular flexibility index (Phi) is 5.01. The van der Waals surface area contributed by atoms with Gasteiger partial charge in [0.15, 0.2) is 0 Å². The summed E-state index contributed by atoms with van der Waals surface area (Å²) in [4.78, 5) is -0.415. The maximum atomic E-state index is 13.9. The average molecular weight is 321 g/mol. The quantitative estimate of drug-likeness (QED) is 0.905. The Morgan fingerprint density at radius 1 is 1.50 bits per heavy atom. The molecule has 0 aliphatic carbocycles. The van der Waals surface area contributed by atoms with E-state index in [9.17, 15) is 12.8 Å². The number of benzene rings is 1. The van der Waals surface area contributed by atoms with Crippen LogP contribution in [-0.4, -0.2) is 38.4 Å². The molecular formula is C13H18ClFN2O2S. The standard InChI is InChI=1S/C13H18ClFN2O2S/c1-2-8-17(10-6-7-16-9-10)20(18,19)13-11(14)4-3-5-12(13)15/h3-5,10,16H,2,6-9H2,1H3. The fourth-order valence-electron chi connectivity index (χ4n) is 2.45. The molecule has 1 aromatic rings. The van der Waals surface area contributed by atoms with Gasteiger partial charge >= 0.3 is 0 Å². The number of nitrogens with zero attached hydrogens (tertiary/aromatic N) is 1. The second kappa shape index (κ2) is 6.39. The minimum Gasteiger partial charge on any atom is -0.315 e. The van der Waals surface area contributed by atoms with E-state index in [-0.39, 0.29) is 11.1 Å². The zero-order chi connectivity index (χ0) is 14.8. The van der Waals surface area contributed by atoms with Crippen LogP contribution in [-0.2, 0) is 10.0 Å². The van der Waals surface area contributed by atoms with Crippen LogP contribution in [0.3, 0.4) is 0 Å². The van der Waals surface area contributed by atoms with Gasteiger partial charge in [-0.25, -0.2) is 12.8 Å². The highest BCUT2D eigenvalue weighted by Crippen LogP contribution is 2.29.